The van der Waals surface area contributed by atoms with Crippen LogP contribution in [0.25, 0.3) is 0 Å². The van der Waals surface area contributed by atoms with Gasteiger partial charge in [-0.15, -0.1) is 6.58 Å². The molecule has 4 unspecified atom stereocenters. The number of carbonyl (C=O) groups excluding carboxylic acids is 1. The molecule has 0 radical (unpaired) electrons. The number of hydrogen-bond donors (Lipinski definition) is 3. The summed E-state index contributed by atoms with van der Waals surface area (Å²) in [7, 11) is 0. The van der Waals surface area contributed by atoms with Crippen LogP contribution in [0.1, 0.15) is 40.0 Å². The van der Waals surface area contributed by atoms with Crippen LogP contribution < -0.4 is 0 Å². The van der Waals surface area contributed by atoms with Crippen LogP contribution in [-0.4, -0.2) is 33.3 Å². The topological polar surface area (TPSA) is 77.8 Å². The Kier molecular flexibility index (Phi) is 3.53. The summed E-state index contributed by atoms with van der Waals surface area (Å²) >= 11 is 0. The highest BCUT2D eigenvalue weighted by Gasteiger charge is 2.62. The zero-order chi connectivity index (χ0) is 18.0. The molecule has 0 saturated carbocycles. The van der Waals surface area contributed by atoms with E-state index in [1.54, 1.807) is 12.2 Å². The molecule has 4 nitrogen and oxygen atoms in total. The van der Waals surface area contributed by atoms with E-state index in [2.05, 4.69) is 6.58 Å². The van der Waals surface area contributed by atoms with E-state index >= 15 is 0 Å². The van der Waals surface area contributed by atoms with Gasteiger partial charge in [-0.3, -0.25) is 4.79 Å². The Morgan fingerprint density at radius 2 is 1.96 bits per heavy atom. The van der Waals surface area contributed by atoms with E-state index in [0.29, 0.717) is 24.8 Å². The Labute approximate surface area is 142 Å². The molecule has 130 valence electrons. The van der Waals surface area contributed by atoms with Crippen LogP contribution in [0.5, 0.6) is 0 Å². The number of Topliss-reactive ketones (excluding diaryl/α,β-unsaturated/α-hetero) is 1. The lowest BCUT2D eigenvalue weighted by Gasteiger charge is -2.56. The maximum absolute atomic E-state index is 12.9. The van der Waals surface area contributed by atoms with Gasteiger partial charge in [-0.1, -0.05) is 38.2 Å². The first-order chi connectivity index (χ1) is 11.1. The summed E-state index contributed by atoms with van der Waals surface area (Å²) in [6.07, 6.45) is 8.92. The molecule has 0 aromatic rings. The Bertz CT molecular complexity index is 715. The van der Waals surface area contributed by atoms with Crippen molar-refractivity contribution in [3.8, 4) is 0 Å². The molecular formula is C20H26O4. The van der Waals surface area contributed by atoms with Crippen molar-refractivity contribution in [2.24, 2.45) is 16.2 Å². The summed E-state index contributed by atoms with van der Waals surface area (Å²) in [5.74, 6) is -0.865. The average molecular weight is 330 g/mol. The third-order valence-electron chi connectivity index (χ3n) is 6.46. The largest absolute Gasteiger partial charge is 0.504 e. The van der Waals surface area contributed by atoms with Gasteiger partial charge in [-0.05, 0) is 31.8 Å². The maximum Gasteiger partial charge on any atom is 0.225 e. The van der Waals surface area contributed by atoms with Crippen molar-refractivity contribution in [2.75, 3.05) is 6.61 Å². The van der Waals surface area contributed by atoms with E-state index in [9.17, 15) is 20.1 Å². The molecule has 3 rings (SSSR count). The monoisotopic (exact) mass is 330 g/mol. The molecule has 0 bridgehead atoms. The van der Waals surface area contributed by atoms with Gasteiger partial charge in [0, 0.05) is 21.8 Å². The van der Waals surface area contributed by atoms with Crippen LogP contribution in [0.3, 0.4) is 0 Å². The molecule has 0 amide bonds. The molecule has 3 aliphatic rings. The van der Waals surface area contributed by atoms with Gasteiger partial charge in [-0.2, -0.15) is 0 Å². The van der Waals surface area contributed by atoms with E-state index < -0.39 is 22.2 Å². The van der Waals surface area contributed by atoms with Gasteiger partial charge in [-0.25, -0.2) is 0 Å². The van der Waals surface area contributed by atoms with Crippen molar-refractivity contribution in [1.82, 2.24) is 0 Å². The molecule has 0 aromatic carbocycles. The molecule has 4 heteroatoms. The number of hydrogen-bond acceptors (Lipinski definition) is 4. The highest BCUT2D eigenvalue weighted by Crippen LogP contribution is 2.61. The highest BCUT2D eigenvalue weighted by molar-refractivity contribution is 6.10. The van der Waals surface area contributed by atoms with Crippen LogP contribution >= 0.6 is 0 Å². The van der Waals surface area contributed by atoms with Gasteiger partial charge in [0.2, 0.25) is 5.78 Å². The minimum absolute atomic E-state index is 0.195. The first kappa shape index (κ1) is 17.2. The van der Waals surface area contributed by atoms with Crippen molar-refractivity contribution in [2.45, 2.75) is 45.6 Å². The molecule has 24 heavy (non-hydrogen) atoms. The SMILES string of the molecule is C=CC1(C)C=C2C(=O)C(O)=C3C(C)(CO)CC=CC3(C)C2(O)CC1. The first-order valence-corrected chi connectivity index (χ1v) is 8.44. The standard InChI is InChI=1S/C20H26O4/c1-5-17(2)9-10-20(24)13(11-17)14(22)15(23)16-18(3,12-21)7-6-8-19(16,20)4/h5-6,8,11,21,23-24H,1,7,9-10,12H2,2-4H3. The summed E-state index contributed by atoms with van der Waals surface area (Å²) in [5.41, 5.74) is -2.76. The maximum atomic E-state index is 12.9. The third-order valence-corrected chi connectivity index (χ3v) is 6.46. The van der Waals surface area contributed by atoms with Crippen LogP contribution in [0.2, 0.25) is 0 Å². The zero-order valence-electron chi connectivity index (χ0n) is 14.6. The van der Waals surface area contributed by atoms with Crippen molar-refractivity contribution < 1.29 is 20.1 Å². The second-order valence-electron chi connectivity index (χ2n) is 8.21. The molecule has 0 fully saturated rings. The zero-order valence-corrected chi connectivity index (χ0v) is 14.6. The van der Waals surface area contributed by atoms with Crippen LogP contribution in [-0.2, 0) is 4.79 Å². The van der Waals surface area contributed by atoms with E-state index in [0.717, 1.165) is 0 Å². The van der Waals surface area contributed by atoms with Gasteiger partial charge < -0.3 is 15.3 Å². The number of allylic oxidation sites excluding steroid dienone is 4. The minimum Gasteiger partial charge on any atom is -0.504 e. The Balaban J connectivity index is 2.33. The first-order valence-electron chi connectivity index (χ1n) is 8.44. The van der Waals surface area contributed by atoms with Crippen molar-refractivity contribution >= 4 is 5.78 Å². The molecular weight excluding hydrogens is 304 g/mol. The number of aliphatic hydroxyl groups is 3. The van der Waals surface area contributed by atoms with E-state index in [4.69, 9.17) is 0 Å². The lowest BCUT2D eigenvalue weighted by molar-refractivity contribution is -0.124. The number of rotatable bonds is 2. The van der Waals surface area contributed by atoms with Crippen molar-refractivity contribution in [3.05, 3.63) is 47.8 Å². The molecule has 0 aromatic heterocycles. The van der Waals surface area contributed by atoms with Crippen LogP contribution in [0.15, 0.2) is 47.8 Å². The summed E-state index contributed by atoms with van der Waals surface area (Å²) in [5, 5.41) is 32.2. The molecule has 0 saturated heterocycles. The normalized spacial score (nSPS) is 44.7. The quantitative estimate of drug-likeness (QED) is 0.680. The van der Waals surface area contributed by atoms with Gasteiger partial charge in [0.25, 0.3) is 0 Å². The molecule has 0 heterocycles. The van der Waals surface area contributed by atoms with E-state index in [-0.39, 0.29) is 23.4 Å². The number of ketones is 1. The third kappa shape index (κ3) is 1.90. The fourth-order valence-electron chi connectivity index (χ4n) is 4.69. The van der Waals surface area contributed by atoms with Crippen molar-refractivity contribution in [3.63, 3.8) is 0 Å². The Hall–Kier alpha value is -1.65. The van der Waals surface area contributed by atoms with Gasteiger partial charge >= 0.3 is 0 Å². The molecule has 4 atom stereocenters. The predicted molar refractivity (Wildman–Crippen MR) is 92.3 cm³/mol. The van der Waals surface area contributed by atoms with Crippen molar-refractivity contribution in [1.29, 1.82) is 0 Å². The van der Waals surface area contributed by atoms with E-state index in [1.165, 1.54) is 0 Å². The Morgan fingerprint density at radius 1 is 1.29 bits per heavy atom. The number of aliphatic hydroxyl groups excluding tert-OH is 2. The average Bonchev–Trinajstić information content (AvgIpc) is 2.55. The Morgan fingerprint density at radius 3 is 2.54 bits per heavy atom. The molecule has 3 aliphatic carbocycles. The number of carbonyl (C=O) groups is 1. The second-order valence-corrected chi connectivity index (χ2v) is 8.21. The van der Waals surface area contributed by atoms with Gasteiger partial charge in [0.1, 0.15) is 5.60 Å². The molecule has 0 spiro atoms. The fourth-order valence-corrected chi connectivity index (χ4v) is 4.69. The lowest BCUT2D eigenvalue weighted by Crippen LogP contribution is -2.59. The second kappa shape index (κ2) is 4.93. The van der Waals surface area contributed by atoms with Crippen LogP contribution in [0, 0.1) is 16.2 Å². The smallest absolute Gasteiger partial charge is 0.225 e. The summed E-state index contributed by atoms with van der Waals surface area (Å²) in [4.78, 5) is 12.9. The lowest BCUT2D eigenvalue weighted by atomic mass is 9.49. The van der Waals surface area contributed by atoms with E-state index in [1.807, 2.05) is 32.9 Å². The molecule has 3 N–H and O–H groups in total. The predicted octanol–water partition coefficient (Wildman–Crippen LogP) is 2.99. The summed E-state index contributed by atoms with van der Waals surface area (Å²) in [6, 6.07) is 0. The number of fused-ring (bicyclic) bond motifs is 3. The summed E-state index contributed by atoms with van der Waals surface area (Å²) in [6.45, 7) is 9.27. The fraction of sp³-hybridized carbons (Fsp3) is 0.550. The highest BCUT2D eigenvalue weighted by atomic mass is 16.3. The molecule has 0 aliphatic heterocycles. The minimum atomic E-state index is -1.39. The summed E-state index contributed by atoms with van der Waals surface area (Å²) < 4.78 is 0. The van der Waals surface area contributed by atoms with Crippen LogP contribution in [0.4, 0.5) is 0 Å². The van der Waals surface area contributed by atoms with Gasteiger partial charge in [0.15, 0.2) is 5.76 Å². The van der Waals surface area contributed by atoms with Gasteiger partial charge in [0.05, 0.1) is 6.61 Å².